The van der Waals surface area contributed by atoms with Crippen LogP contribution in [0.25, 0.3) is 6.08 Å². The maximum absolute atomic E-state index is 12.9. The van der Waals surface area contributed by atoms with Crippen molar-refractivity contribution in [1.29, 1.82) is 10.8 Å². The minimum Gasteiger partial charge on any atom is -0.489 e. The van der Waals surface area contributed by atoms with Gasteiger partial charge in [0.2, 0.25) is 10.0 Å². The fourth-order valence-electron chi connectivity index (χ4n) is 3.94. The van der Waals surface area contributed by atoms with Crippen LogP contribution in [0.1, 0.15) is 30.9 Å². The van der Waals surface area contributed by atoms with E-state index in [0.717, 1.165) is 17.1 Å². The minimum absolute atomic E-state index is 0.0838. The number of ether oxygens (including phenoxy) is 1. The van der Waals surface area contributed by atoms with Crippen molar-refractivity contribution >= 4 is 51.0 Å². The summed E-state index contributed by atoms with van der Waals surface area (Å²) in [5.74, 6) is -1.72. The van der Waals surface area contributed by atoms with Crippen LogP contribution in [0, 0.1) is 10.8 Å². The lowest BCUT2D eigenvalue weighted by atomic mass is 10.1. The zero-order chi connectivity index (χ0) is 27.2. The zero-order valence-electron chi connectivity index (χ0n) is 20.4. The molecule has 5 N–H and O–H groups in total. The van der Waals surface area contributed by atoms with Crippen LogP contribution in [-0.2, 0) is 14.8 Å². The SMILES string of the molecule is CC(=N)N1CCC(Oc2ccc(N(C/C=C/c3cccc(C(=N)N)c3)S(=O)(=O)CC(=O)O)cc2Cl)CC1. The number of anilines is 1. The van der Waals surface area contributed by atoms with Crippen LogP contribution >= 0.6 is 11.6 Å². The molecule has 0 aliphatic carbocycles. The molecule has 12 heteroatoms. The molecule has 1 fully saturated rings. The van der Waals surface area contributed by atoms with E-state index in [9.17, 15) is 13.2 Å². The second-order valence-corrected chi connectivity index (χ2v) is 10.9. The van der Waals surface area contributed by atoms with E-state index >= 15 is 0 Å². The highest BCUT2D eigenvalue weighted by Gasteiger charge is 2.26. The number of amidine groups is 2. The molecule has 37 heavy (non-hydrogen) atoms. The summed E-state index contributed by atoms with van der Waals surface area (Å²) in [5, 5.41) is 24.7. The van der Waals surface area contributed by atoms with Crippen LogP contribution in [0.4, 0.5) is 5.69 Å². The fourth-order valence-corrected chi connectivity index (χ4v) is 5.37. The van der Waals surface area contributed by atoms with Crippen molar-refractivity contribution in [3.8, 4) is 5.75 Å². The Bertz CT molecular complexity index is 1310. The highest BCUT2D eigenvalue weighted by atomic mass is 35.5. The first-order chi connectivity index (χ1) is 17.5. The van der Waals surface area contributed by atoms with E-state index in [4.69, 9.17) is 38.0 Å². The van der Waals surface area contributed by atoms with Crippen LogP contribution in [-0.4, -0.2) is 67.6 Å². The molecule has 0 aromatic heterocycles. The van der Waals surface area contributed by atoms with Crippen molar-refractivity contribution in [3.63, 3.8) is 0 Å². The van der Waals surface area contributed by atoms with Crippen LogP contribution in [0.15, 0.2) is 48.5 Å². The number of carboxylic acids is 1. The monoisotopic (exact) mass is 547 g/mol. The number of nitrogen functional groups attached to an aromatic ring is 1. The molecule has 2 aromatic rings. The molecule has 0 bridgehead atoms. The minimum atomic E-state index is -4.22. The molecule has 10 nitrogen and oxygen atoms in total. The van der Waals surface area contributed by atoms with E-state index < -0.39 is 21.7 Å². The fraction of sp³-hybridized carbons (Fsp3) is 0.320. The van der Waals surface area contributed by atoms with Crippen molar-refractivity contribution in [2.75, 3.05) is 29.7 Å². The van der Waals surface area contributed by atoms with Gasteiger partial charge < -0.3 is 20.5 Å². The van der Waals surface area contributed by atoms with E-state index in [1.165, 1.54) is 12.1 Å². The van der Waals surface area contributed by atoms with Crippen molar-refractivity contribution < 1.29 is 23.1 Å². The Hall–Kier alpha value is -3.57. The van der Waals surface area contributed by atoms with Crippen LogP contribution in [0.2, 0.25) is 5.02 Å². The first-order valence-electron chi connectivity index (χ1n) is 11.6. The lowest BCUT2D eigenvalue weighted by molar-refractivity contribution is -0.134. The number of hydrogen-bond donors (Lipinski definition) is 4. The van der Waals surface area contributed by atoms with Gasteiger partial charge in [-0.25, -0.2) is 8.42 Å². The van der Waals surface area contributed by atoms with Crippen LogP contribution in [0.3, 0.4) is 0 Å². The Morgan fingerprint density at radius 2 is 1.95 bits per heavy atom. The lowest BCUT2D eigenvalue weighted by Crippen LogP contribution is -2.40. The quantitative estimate of drug-likeness (QED) is 0.262. The van der Waals surface area contributed by atoms with Gasteiger partial charge in [0.25, 0.3) is 0 Å². The van der Waals surface area contributed by atoms with Gasteiger partial charge >= 0.3 is 5.97 Å². The van der Waals surface area contributed by atoms with Gasteiger partial charge in [0, 0.05) is 31.5 Å². The summed E-state index contributed by atoms with van der Waals surface area (Å²) in [5.41, 5.74) is 6.96. The van der Waals surface area contributed by atoms with Crippen molar-refractivity contribution in [3.05, 3.63) is 64.7 Å². The van der Waals surface area contributed by atoms with Gasteiger partial charge in [-0.15, -0.1) is 0 Å². The maximum Gasteiger partial charge on any atom is 0.320 e. The Kier molecular flexibility index (Phi) is 9.17. The summed E-state index contributed by atoms with van der Waals surface area (Å²) in [4.78, 5) is 13.2. The Labute approximate surface area is 221 Å². The molecule has 0 spiro atoms. The predicted molar refractivity (Wildman–Crippen MR) is 145 cm³/mol. The van der Waals surface area contributed by atoms with E-state index in [1.807, 2.05) is 4.90 Å². The third-order valence-corrected chi connectivity index (χ3v) is 7.77. The topological polar surface area (TPSA) is 161 Å². The van der Waals surface area contributed by atoms with E-state index in [1.54, 1.807) is 49.4 Å². The largest absolute Gasteiger partial charge is 0.489 e. The Morgan fingerprint density at radius 1 is 1.24 bits per heavy atom. The average Bonchev–Trinajstić information content (AvgIpc) is 2.83. The van der Waals surface area contributed by atoms with Crippen LogP contribution < -0.4 is 14.8 Å². The number of aliphatic carboxylic acids is 1. The maximum atomic E-state index is 12.9. The standard InChI is InChI=1S/C25H30ClN5O5S/c1-17(27)30-12-9-21(10-13-30)36-23-8-7-20(15-22(23)26)31(37(34,35)16-24(32)33)11-3-5-18-4-2-6-19(14-18)25(28)29/h2-8,14-15,21,27H,9-13,16H2,1H3,(H3,28,29)(H,32,33)/b5-3+,27-17?. The van der Waals surface area contributed by atoms with E-state index in [0.29, 0.717) is 35.8 Å². The number of carboxylic acid groups (broad SMARTS) is 1. The second kappa shape index (κ2) is 12.1. The summed E-state index contributed by atoms with van der Waals surface area (Å²) in [6, 6.07) is 11.4. The molecule has 0 saturated carbocycles. The number of piperidine rings is 1. The predicted octanol–water partition coefficient (Wildman–Crippen LogP) is 3.40. The van der Waals surface area contributed by atoms with Gasteiger partial charge in [-0.05, 0) is 36.8 Å². The summed E-state index contributed by atoms with van der Waals surface area (Å²) >= 11 is 6.45. The van der Waals surface area contributed by atoms with Gasteiger partial charge in [-0.2, -0.15) is 0 Å². The number of sulfonamides is 1. The normalized spacial score (nSPS) is 14.5. The Balaban J connectivity index is 1.80. The van der Waals surface area contributed by atoms with Crippen molar-refractivity contribution in [2.24, 2.45) is 5.73 Å². The number of rotatable bonds is 10. The summed E-state index contributed by atoms with van der Waals surface area (Å²) in [7, 11) is -4.22. The van der Waals surface area contributed by atoms with Gasteiger partial charge in [0.1, 0.15) is 17.7 Å². The molecule has 1 heterocycles. The smallest absolute Gasteiger partial charge is 0.320 e. The molecule has 2 aromatic carbocycles. The van der Waals surface area contributed by atoms with E-state index in [2.05, 4.69) is 0 Å². The number of hydrogen-bond acceptors (Lipinski definition) is 6. The molecule has 198 valence electrons. The molecule has 3 rings (SSSR count). The molecular weight excluding hydrogens is 518 g/mol. The molecule has 1 aliphatic heterocycles. The molecule has 0 amide bonds. The van der Waals surface area contributed by atoms with Gasteiger partial charge in [-0.1, -0.05) is 42.0 Å². The second-order valence-electron chi connectivity index (χ2n) is 8.63. The number of carbonyl (C=O) groups is 1. The molecule has 1 saturated heterocycles. The summed E-state index contributed by atoms with van der Waals surface area (Å²) < 4.78 is 32.8. The Morgan fingerprint density at radius 3 is 2.54 bits per heavy atom. The third kappa shape index (κ3) is 7.70. The van der Waals surface area contributed by atoms with E-state index in [-0.39, 0.29) is 29.2 Å². The lowest BCUT2D eigenvalue weighted by Gasteiger charge is -2.33. The van der Waals surface area contributed by atoms with Gasteiger partial charge in [-0.3, -0.25) is 19.9 Å². The zero-order valence-corrected chi connectivity index (χ0v) is 21.9. The number of nitrogens with one attached hydrogen (secondary N) is 2. The van der Waals surface area contributed by atoms with Crippen molar-refractivity contribution in [2.45, 2.75) is 25.9 Å². The van der Waals surface area contributed by atoms with Crippen molar-refractivity contribution in [1.82, 2.24) is 4.90 Å². The number of likely N-dealkylation sites (tertiary alicyclic amines) is 1. The highest BCUT2D eigenvalue weighted by molar-refractivity contribution is 7.93. The van der Waals surface area contributed by atoms with Gasteiger partial charge in [0.05, 0.1) is 23.1 Å². The number of benzene rings is 2. The number of halogens is 1. The molecule has 0 atom stereocenters. The highest BCUT2D eigenvalue weighted by Crippen LogP contribution is 2.32. The number of nitrogens with two attached hydrogens (primary N) is 1. The molecule has 0 unspecified atom stereocenters. The first-order valence-corrected chi connectivity index (χ1v) is 13.5. The summed E-state index contributed by atoms with van der Waals surface area (Å²) in [6.45, 7) is 3.02. The van der Waals surface area contributed by atoms with Crippen LogP contribution in [0.5, 0.6) is 5.75 Å². The average molecular weight is 548 g/mol. The third-order valence-electron chi connectivity index (χ3n) is 5.83. The molecular formula is C25H30ClN5O5S. The van der Waals surface area contributed by atoms with Gasteiger partial charge in [0.15, 0.2) is 5.75 Å². The molecule has 0 radical (unpaired) electrons. The molecule has 1 aliphatic rings. The first kappa shape index (κ1) is 28.0. The summed E-state index contributed by atoms with van der Waals surface area (Å²) in [6.07, 6.45) is 4.61. The number of nitrogens with zero attached hydrogens (tertiary/aromatic N) is 2.